The Morgan fingerprint density at radius 2 is 2.25 bits per heavy atom. The van der Waals surface area contributed by atoms with Gasteiger partial charge in [0.15, 0.2) is 4.96 Å². The summed E-state index contributed by atoms with van der Waals surface area (Å²) in [4.78, 5) is 5.52. The zero-order valence-corrected chi connectivity index (χ0v) is 10.8. The molecule has 0 aromatic carbocycles. The van der Waals surface area contributed by atoms with Gasteiger partial charge in [0, 0.05) is 11.1 Å². The van der Waals surface area contributed by atoms with Gasteiger partial charge in [0.2, 0.25) is 0 Å². The molecule has 0 radical (unpaired) electrons. The first-order valence-electron chi connectivity index (χ1n) is 5.30. The monoisotopic (exact) mass is 236 g/mol. The van der Waals surface area contributed by atoms with Crippen LogP contribution in [0.25, 0.3) is 11.0 Å². The number of hydrogen-bond donors (Lipinski definition) is 1. The highest BCUT2D eigenvalue weighted by Gasteiger charge is 2.11. The van der Waals surface area contributed by atoms with Crippen molar-refractivity contribution in [1.82, 2.24) is 9.38 Å². The number of imidazole rings is 1. The lowest BCUT2D eigenvalue weighted by molar-refractivity contribution is 0.232. The fraction of sp³-hybridized carbons (Fsp3) is 0.417. The quantitative estimate of drug-likeness (QED) is 0.870. The van der Waals surface area contributed by atoms with Crippen LogP contribution in [0.3, 0.4) is 0 Å². The molecule has 0 saturated heterocycles. The highest BCUT2D eigenvalue weighted by Crippen LogP contribution is 2.22. The molecule has 0 aliphatic heterocycles. The highest BCUT2D eigenvalue weighted by atomic mass is 32.1. The summed E-state index contributed by atoms with van der Waals surface area (Å²) in [5.74, 6) is 0. The van der Waals surface area contributed by atoms with Crippen LogP contribution < -0.4 is 0 Å². The van der Waals surface area contributed by atoms with Crippen LogP contribution in [0.1, 0.15) is 30.9 Å². The molecule has 0 aliphatic rings. The summed E-state index contributed by atoms with van der Waals surface area (Å²) in [6, 6.07) is 0. The van der Waals surface area contributed by atoms with Gasteiger partial charge in [0.05, 0.1) is 17.5 Å². The first-order valence-corrected chi connectivity index (χ1v) is 6.18. The summed E-state index contributed by atoms with van der Waals surface area (Å²) in [7, 11) is 0. The van der Waals surface area contributed by atoms with Gasteiger partial charge in [-0.3, -0.25) is 4.40 Å². The van der Waals surface area contributed by atoms with Crippen LogP contribution in [0.2, 0.25) is 0 Å². The molecule has 2 aromatic heterocycles. The lowest BCUT2D eigenvalue weighted by atomic mass is 10.1. The Balaban J connectivity index is 2.63. The molecule has 0 spiro atoms. The lowest BCUT2D eigenvalue weighted by Gasteiger charge is -2.04. The van der Waals surface area contributed by atoms with Gasteiger partial charge in [-0.2, -0.15) is 0 Å². The number of aromatic nitrogens is 2. The maximum absolute atomic E-state index is 9.51. The third kappa shape index (κ3) is 1.79. The van der Waals surface area contributed by atoms with Crippen molar-refractivity contribution in [2.75, 3.05) is 0 Å². The van der Waals surface area contributed by atoms with Gasteiger partial charge in [0.25, 0.3) is 0 Å². The standard InChI is InChI=1S/C12H16N2OS/c1-7(10(4)15)5-11-9(3)13-12-14(11)8(2)6-16-12/h5-6,10,15H,1-4H3/b7-5+. The Morgan fingerprint density at radius 1 is 1.56 bits per heavy atom. The van der Waals surface area contributed by atoms with Gasteiger partial charge in [-0.05, 0) is 39.3 Å². The van der Waals surface area contributed by atoms with Crippen LogP contribution in [0.5, 0.6) is 0 Å². The number of aliphatic hydroxyl groups is 1. The molecule has 1 unspecified atom stereocenters. The lowest BCUT2D eigenvalue weighted by Crippen LogP contribution is -2.01. The fourth-order valence-corrected chi connectivity index (χ4v) is 2.55. The third-order valence-electron chi connectivity index (χ3n) is 2.78. The van der Waals surface area contributed by atoms with Crippen molar-refractivity contribution < 1.29 is 5.11 Å². The van der Waals surface area contributed by atoms with E-state index in [0.717, 1.165) is 21.9 Å². The minimum absolute atomic E-state index is 0.413. The number of rotatable bonds is 2. The van der Waals surface area contributed by atoms with Crippen LogP contribution >= 0.6 is 11.3 Å². The van der Waals surface area contributed by atoms with Gasteiger partial charge in [-0.25, -0.2) is 4.98 Å². The topological polar surface area (TPSA) is 37.5 Å². The Morgan fingerprint density at radius 3 is 2.88 bits per heavy atom. The Hall–Kier alpha value is -1.13. The van der Waals surface area contributed by atoms with E-state index in [1.807, 2.05) is 19.9 Å². The molecule has 0 saturated carbocycles. The van der Waals surface area contributed by atoms with Gasteiger partial charge in [0.1, 0.15) is 0 Å². The predicted octanol–water partition coefficient (Wildman–Crippen LogP) is 2.80. The van der Waals surface area contributed by atoms with Crippen molar-refractivity contribution in [3.8, 4) is 0 Å². The molecule has 86 valence electrons. The SMILES string of the molecule is C/C(=C\c1c(C)nc2scc(C)n12)C(C)O. The van der Waals surface area contributed by atoms with E-state index in [1.54, 1.807) is 18.3 Å². The number of aliphatic hydroxyl groups excluding tert-OH is 1. The summed E-state index contributed by atoms with van der Waals surface area (Å²) in [6.07, 6.45) is 1.60. The van der Waals surface area contributed by atoms with Crippen LogP contribution in [0.4, 0.5) is 0 Å². The number of fused-ring (bicyclic) bond motifs is 1. The number of aryl methyl sites for hydroxylation is 2. The molecular weight excluding hydrogens is 220 g/mol. The summed E-state index contributed by atoms with van der Waals surface area (Å²) < 4.78 is 2.13. The predicted molar refractivity (Wildman–Crippen MR) is 67.9 cm³/mol. The summed E-state index contributed by atoms with van der Waals surface area (Å²) in [5, 5.41) is 11.6. The van der Waals surface area contributed by atoms with Crippen LogP contribution in [0, 0.1) is 13.8 Å². The van der Waals surface area contributed by atoms with Crippen molar-refractivity contribution >= 4 is 22.4 Å². The maximum Gasteiger partial charge on any atom is 0.194 e. The fourth-order valence-electron chi connectivity index (χ4n) is 1.63. The molecule has 2 heterocycles. The third-order valence-corrected chi connectivity index (χ3v) is 3.72. The van der Waals surface area contributed by atoms with Crippen molar-refractivity contribution in [2.24, 2.45) is 0 Å². The zero-order valence-electron chi connectivity index (χ0n) is 9.98. The van der Waals surface area contributed by atoms with E-state index in [9.17, 15) is 5.11 Å². The minimum Gasteiger partial charge on any atom is -0.389 e. The van der Waals surface area contributed by atoms with Crippen LogP contribution in [0.15, 0.2) is 11.0 Å². The molecule has 0 bridgehead atoms. The highest BCUT2D eigenvalue weighted by molar-refractivity contribution is 7.15. The average Bonchev–Trinajstić information content (AvgIpc) is 2.69. The number of hydrogen-bond acceptors (Lipinski definition) is 3. The smallest absolute Gasteiger partial charge is 0.194 e. The average molecular weight is 236 g/mol. The van der Waals surface area contributed by atoms with E-state index in [0.29, 0.717) is 0 Å². The zero-order chi connectivity index (χ0) is 11.9. The second-order valence-corrected chi connectivity index (χ2v) is 4.98. The molecule has 1 N–H and O–H groups in total. The molecule has 0 amide bonds. The molecule has 4 heteroatoms. The molecule has 3 nitrogen and oxygen atoms in total. The molecule has 2 rings (SSSR count). The molecular formula is C12H16N2OS. The Bertz CT molecular complexity index is 549. The summed E-state index contributed by atoms with van der Waals surface area (Å²) >= 11 is 1.64. The van der Waals surface area contributed by atoms with E-state index in [-0.39, 0.29) is 0 Å². The van der Waals surface area contributed by atoms with Crippen LogP contribution in [-0.4, -0.2) is 20.6 Å². The van der Waals surface area contributed by atoms with Gasteiger partial charge >= 0.3 is 0 Å². The van der Waals surface area contributed by atoms with Crippen molar-refractivity contribution in [3.05, 3.63) is 28.0 Å². The van der Waals surface area contributed by atoms with Gasteiger partial charge in [-0.15, -0.1) is 11.3 Å². The van der Waals surface area contributed by atoms with E-state index >= 15 is 0 Å². The maximum atomic E-state index is 9.51. The molecule has 2 aromatic rings. The molecule has 1 atom stereocenters. The summed E-state index contributed by atoms with van der Waals surface area (Å²) in [6.45, 7) is 7.78. The van der Waals surface area contributed by atoms with Crippen molar-refractivity contribution in [1.29, 1.82) is 0 Å². The summed E-state index contributed by atoms with van der Waals surface area (Å²) in [5.41, 5.74) is 4.22. The van der Waals surface area contributed by atoms with E-state index in [4.69, 9.17) is 0 Å². The largest absolute Gasteiger partial charge is 0.389 e. The Kier molecular flexibility index (Phi) is 2.86. The van der Waals surface area contributed by atoms with E-state index in [2.05, 4.69) is 21.7 Å². The second kappa shape index (κ2) is 4.03. The Labute approximate surface area is 99.1 Å². The number of nitrogens with zero attached hydrogens (tertiary/aromatic N) is 2. The molecule has 0 fully saturated rings. The normalized spacial score (nSPS) is 14.7. The number of thiazole rings is 1. The van der Waals surface area contributed by atoms with Crippen LogP contribution in [-0.2, 0) is 0 Å². The van der Waals surface area contributed by atoms with Crippen molar-refractivity contribution in [2.45, 2.75) is 33.8 Å². The molecule has 0 aliphatic carbocycles. The van der Waals surface area contributed by atoms with Gasteiger partial charge in [-0.1, -0.05) is 0 Å². The van der Waals surface area contributed by atoms with E-state index < -0.39 is 6.10 Å². The minimum atomic E-state index is -0.413. The molecule has 16 heavy (non-hydrogen) atoms. The first kappa shape index (κ1) is 11.4. The van der Waals surface area contributed by atoms with Gasteiger partial charge < -0.3 is 5.11 Å². The van der Waals surface area contributed by atoms with Crippen molar-refractivity contribution in [3.63, 3.8) is 0 Å². The van der Waals surface area contributed by atoms with E-state index in [1.165, 1.54) is 5.69 Å². The second-order valence-electron chi connectivity index (χ2n) is 4.14. The first-order chi connectivity index (χ1) is 7.50.